The fraction of sp³-hybridized carbons (Fsp3) is 0.308. The second-order valence-electron chi connectivity index (χ2n) is 4.37. The van der Waals surface area contributed by atoms with Gasteiger partial charge in [-0.1, -0.05) is 13.3 Å². The zero-order valence-corrected chi connectivity index (χ0v) is 12.5. The standard InChI is InChI=1S/C13H17N5O2S/c1-2-3-6-20-12(19)10-7-9(14)4-5-11(10)21-13-17-16-8-18(13)15/h4-5,7-8H,2-3,6,14-15H2,1H3. The van der Waals surface area contributed by atoms with Crippen LogP contribution in [-0.4, -0.2) is 27.4 Å². The van der Waals surface area contributed by atoms with E-state index in [0.29, 0.717) is 27.9 Å². The Kier molecular flexibility index (Phi) is 5.04. The predicted octanol–water partition coefficient (Wildman–Crippen LogP) is 1.68. The zero-order valence-electron chi connectivity index (χ0n) is 11.7. The van der Waals surface area contributed by atoms with Crippen molar-refractivity contribution in [1.29, 1.82) is 0 Å². The van der Waals surface area contributed by atoms with Gasteiger partial charge in [-0.2, -0.15) is 0 Å². The van der Waals surface area contributed by atoms with Gasteiger partial charge in [-0.15, -0.1) is 10.2 Å². The summed E-state index contributed by atoms with van der Waals surface area (Å²) >= 11 is 1.23. The number of hydrogen-bond donors (Lipinski definition) is 2. The third-order valence-corrected chi connectivity index (χ3v) is 3.75. The van der Waals surface area contributed by atoms with E-state index in [-0.39, 0.29) is 0 Å². The topological polar surface area (TPSA) is 109 Å². The van der Waals surface area contributed by atoms with Crippen molar-refractivity contribution < 1.29 is 9.53 Å². The van der Waals surface area contributed by atoms with Crippen molar-refractivity contribution in [2.24, 2.45) is 0 Å². The van der Waals surface area contributed by atoms with Crippen molar-refractivity contribution in [3.05, 3.63) is 30.1 Å². The minimum Gasteiger partial charge on any atom is -0.462 e. The van der Waals surface area contributed by atoms with Crippen LogP contribution in [0.2, 0.25) is 0 Å². The second kappa shape index (κ2) is 6.98. The van der Waals surface area contributed by atoms with E-state index >= 15 is 0 Å². The maximum absolute atomic E-state index is 12.1. The third-order valence-electron chi connectivity index (χ3n) is 2.70. The van der Waals surface area contributed by atoms with Crippen LogP contribution in [0.15, 0.2) is 34.6 Å². The fourth-order valence-electron chi connectivity index (χ4n) is 1.59. The number of nitrogen functional groups attached to an aromatic ring is 2. The van der Waals surface area contributed by atoms with Crippen LogP contribution >= 0.6 is 11.8 Å². The smallest absolute Gasteiger partial charge is 0.339 e. The lowest BCUT2D eigenvalue weighted by Gasteiger charge is -2.09. The average molecular weight is 307 g/mol. The van der Waals surface area contributed by atoms with Gasteiger partial charge in [0.1, 0.15) is 6.33 Å². The van der Waals surface area contributed by atoms with Crippen molar-refractivity contribution in [3.63, 3.8) is 0 Å². The minimum atomic E-state index is -0.402. The number of nitrogens with zero attached hydrogens (tertiary/aromatic N) is 3. The molecular weight excluding hydrogens is 290 g/mol. The summed E-state index contributed by atoms with van der Waals surface area (Å²) < 4.78 is 6.52. The molecule has 4 N–H and O–H groups in total. The largest absolute Gasteiger partial charge is 0.462 e. The Balaban J connectivity index is 2.21. The number of esters is 1. The summed E-state index contributed by atoms with van der Waals surface area (Å²) in [4.78, 5) is 12.8. The number of carbonyl (C=O) groups is 1. The molecule has 8 heteroatoms. The first kappa shape index (κ1) is 15.2. The summed E-state index contributed by atoms with van der Waals surface area (Å²) in [5.41, 5.74) is 6.65. The molecule has 2 aromatic rings. The van der Waals surface area contributed by atoms with Gasteiger partial charge in [-0.3, -0.25) is 0 Å². The molecule has 1 heterocycles. The number of carbonyl (C=O) groups excluding carboxylic acids is 1. The van der Waals surface area contributed by atoms with E-state index in [9.17, 15) is 4.79 Å². The summed E-state index contributed by atoms with van der Waals surface area (Å²) in [6.45, 7) is 2.42. The Morgan fingerprint density at radius 2 is 2.29 bits per heavy atom. The molecule has 0 bridgehead atoms. The van der Waals surface area contributed by atoms with Gasteiger partial charge in [0, 0.05) is 10.6 Å². The van der Waals surface area contributed by atoms with Crippen LogP contribution in [0, 0.1) is 0 Å². The number of ether oxygens (including phenoxy) is 1. The van der Waals surface area contributed by atoms with Crippen LogP contribution < -0.4 is 11.6 Å². The van der Waals surface area contributed by atoms with Crippen LogP contribution in [0.5, 0.6) is 0 Å². The van der Waals surface area contributed by atoms with Crippen molar-refractivity contribution in [1.82, 2.24) is 14.9 Å². The molecule has 1 aromatic heterocycles. The maximum atomic E-state index is 12.1. The molecule has 0 aliphatic carbocycles. The van der Waals surface area contributed by atoms with Crippen molar-refractivity contribution in [2.45, 2.75) is 29.8 Å². The summed E-state index contributed by atoms with van der Waals surface area (Å²) in [7, 11) is 0. The summed E-state index contributed by atoms with van der Waals surface area (Å²) in [6.07, 6.45) is 3.18. The van der Waals surface area contributed by atoms with Gasteiger partial charge in [0.2, 0.25) is 5.16 Å². The highest BCUT2D eigenvalue weighted by atomic mass is 32.2. The number of hydrogen-bond acceptors (Lipinski definition) is 7. The summed E-state index contributed by atoms with van der Waals surface area (Å²) in [5.74, 6) is 5.27. The molecule has 21 heavy (non-hydrogen) atoms. The number of anilines is 1. The van der Waals surface area contributed by atoms with E-state index in [1.807, 2.05) is 6.92 Å². The van der Waals surface area contributed by atoms with Crippen LogP contribution in [0.25, 0.3) is 0 Å². The normalized spacial score (nSPS) is 10.5. The fourth-order valence-corrected chi connectivity index (χ4v) is 2.41. The molecule has 2 rings (SSSR count). The van der Waals surface area contributed by atoms with E-state index in [0.717, 1.165) is 12.8 Å². The lowest BCUT2D eigenvalue weighted by Crippen LogP contribution is -2.10. The molecule has 1 aromatic carbocycles. The first-order valence-electron chi connectivity index (χ1n) is 6.51. The predicted molar refractivity (Wildman–Crippen MR) is 80.3 cm³/mol. The van der Waals surface area contributed by atoms with E-state index in [1.165, 1.54) is 22.8 Å². The highest BCUT2D eigenvalue weighted by Crippen LogP contribution is 2.30. The Bertz CT molecular complexity index is 629. The van der Waals surface area contributed by atoms with Crippen LogP contribution in [-0.2, 0) is 4.74 Å². The van der Waals surface area contributed by atoms with Crippen LogP contribution in [0.1, 0.15) is 30.1 Å². The Labute approximate surface area is 126 Å². The molecule has 0 atom stereocenters. The van der Waals surface area contributed by atoms with E-state index in [1.54, 1.807) is 18.2 Å². The molecule has 112 valence electrons. The summed E-state index contributed by atoms with van der Waals surface area (Å²) in [6, 6.07) is 5.04. The number of aromatic nitrogens is 3. The van der Waals surface area contributed by atoms with E-state index in [2.05, 4.69) is 10.2 Å². The zero-order chi connectivity index (χ0) is 15.2. The Morgan fingerprint density at radius 1 is 1.48 bits per heavy atom. The molecule has 0 radical (unpaired) electrons. The van der Waals surface area contributed by atoms with Gasteiger partial charge in [-0.05, 0) is 36.4 Å². The van der Waals surface area contributed by atoms with Gasteiger partial charge in [-0.25, -0.2) is 9.47 Å². The average Bonchev–Trinajstić information content (AvgIpc) is 2.86. The molecule has 0 fully saturated rings. The van der Waals surface area contributed by atoms with Crippen LogP contribution in [0.4, 0.5) is 5.69 Å². The molecule has 0 saturated heterocycles. The molecule has 0 aliphatic heterocycles. The van der Waals surface area contributed by atoms with Gasteiger partial charge in [0.25, 0.3) is 0 Å². The molecule has 0 unspecified atom stereocenters. The third kappa shape index (κ3) is 3.88. The Morgan fingerprint density at radius 3 is 2.95 bits per heavy atom. The maximum Gasteiger partial charge on any atom is 0.339 e. The lowest BCUT2D eigenvalue weighted by atomic mass is 10.2. The molecule has 7 nitrogen and oxygen atoms in total. The lowest BCUT2D eigenvalue weighted by molar-refractivity contribution is 0.0495. The van der Waals surface area contributed by atoms with Crippen molar-refractivity contribution in [3.8, 4) is 0 Å². The van der Waals surface area contributed by atoms with E-state index < -0.39 is 5.97 Å². The highest BCUT2D eigenvalue weighted by molar-refractivity contribution is 7.99. The molecule has 0 aliphatic rings. The molecule has 0 amide bonds. The minimum absolute atomic E-state index is 0.390. The van der Waals surface area contributed by atoms with Crippen molar-refractivity contribution >= 4 is 23.4 Å². The number of rotatable bonds is 6. The van der Waals surface area contributed by atoms with Crippen LogP contribution in [0.3, 0.4) is 0 Å². The van der Waals surface area contributed by atoms with Gasteiger partial charge in [0.15, 0.2) is 0 Å². The molecule has 0 saturated carbocycles. The highest BCUT2D eigenvalue weighted by Gasteiger charge is 2.16. The number of benzene rings is 1. The Hall–Kier alpha value is -2.22. The monoisotopic (exact) mass is 307 g/mol. The van der Waals surface area contributed by atoms with Gasteiger partial charge in [0.05, 0.1) is 12.2 Å². The summed E-state index contributed by atoms with van der Waals surface area (Å²) in [5, 5.41) is 8.05. The number of nitrogens with two attached hydrogens (primary N) is 2. The van der Waals surface area contributed by atoms with Crippen molar-refractivity contribution in [2.75, 3.05) is 18.2 Å². The second-order valence-corrected chi connectivity index (χ2v) is 5.38. The van der Waals surface area contributed by atoms with E-state index in [4.69, 9.17) is 16.3 Å². The quantitative estimate of drug-likeness (QED) is 0.361. The molecular formula is C13H17N5O2S. The SMILES string of the molecule is CCCCOC(=O)c1cc(N)ccc1Sc1nncn1N. The first-order valence-corrected chi connectivity index (χ1v) is 7.33. The van der Waals surface area contributed by atoms with Gasteiger partial charge < -0.3 is 16.3 Å². The first-order chi connectivity index (χ1) is 10.1. The van der Waals surface area contributed by atoms with Gasteiger partial charge >= 0.3 is 5.97 Å². The molecule has 0 spiro atoms. The number of unbranched alkanes of at least 4 members (excludes halogenated alkanes) is 1.